The number of aryl methyl sites for hydroxylation is 3. The van der Waals surface area contributed by atoms with Crippen LogP contribution in [0.25, 0.3) is 4.96 Å². The summed E-state index contributed by atoms with van der Waals surface area (Å²) in [5, 5.41) is 0. The Hall–Kier alpha value is -1.16. The van der Waals surface area contributed by atoms with E-state index in [0.29, 0.717) is 0 Å². The van der Waals surface area contributed by atoms with Gasteiger partial charge in [0.05, 0.1) is 0 Å². The Bertz CT molecular complexity index is 565. The number of rotatable bonds is 0. The minimum atomic E-state index is 0.0642. The molecule has 0 radical (unpaired) electrons. The summed E-state index contributed by atoms with van der Waals surface area (Å²) in [4.78, 5) is 18.3. The van der Waals surface area contributed by atoms with Gasteiger partial charge in [0.2, 0.25) is 0 Å². The second-order valence-corrected chi connectivity index (χ2v) is 4.67. The molecule has 0 aliphatic heterocycles. The van der Waals surface area contributed by atoms with Crippen molar-refractivity contribution in [3.63, 3.8) is 0 Å². The molecule has 0 bridgehead atoms. The average Bonchev–Trinajstić information content (AvgIpc) is 2.39. The number of aromatic nitrogens is 2. The van der Waals surface area contributed by atoms with Crippen molar-refractivity contribution in [3.05, 3.63) is 32.2 Å². The van der Waals surface area contributed by atoms with Gasteiger partial charge in [-0.05, 0) is 27.7 Å². The molecule has 0 saturated carbocycles. The molecule has 0 amide bonds. The van der Waals surface area contributed by atoms with E-state index in [9.17, 15) is 4.79 Å². The lowest BCUT2D eigenvalue weighted by atomic mass is 10.3. The Labute approximate surface area is 86.0 Å². The molecule has 14 heavy (non-hydrogen) atoms. The van der Waals surface area contributed by atoms with E-state index in [1.165, 1.54) is 0 Å². The van der Waals surface area contributed by atoms with E-state index in [1.54, 1.807) is 15.7 Å². The average molecular weight is 208 g/mol. The number of hydrogen-bond acceptors (Lipinski definition) is 3. The SMILES string of the molecule is Cc1nc2sc(C)c(C)n2c(=O)c1C. The first-order chi connectivity index (χ1) is 6.52. The standard InChI is InChI=1S/C10H12N2OS/c1-5-6(2)11-10-12(9(5)13)7(3)8(4)14-10/h1-4H3. The van der Waals surface area contributed by atoms with Gasteiger partial charge in [-0.25, -0.2) is 4.98 Å². The molecule has 0 saturated heterocycles. The lowest BCUT2D eigenvalue weighted by molar-refractivity contribution is 0.966. The molecule has 0 aromatic carbocycles. The summed E-state index contributed by atoms with van der Waals surface area (Å²) in [6, 6.07) is 0. The van der Waals surface area contributed by atoms with Crippen LogP contribution in [-0.4, -0.2) is 9.38 Å². The van der Waals surface area contributed by atoms with E-state index in [-0.39, 0.29) is 5.56 Å². The van der Waals surface area contributed by atoms with Gasteiger partial charge in [-0.2, -0.15) is 0 Å². The molecule has 2 aromatic heterocycles. The third kappa shape index (κ3) is 1.10. The number of nitrogens with zero attached hydrogens (tertiary/aromatic N) is 2. The Balaban J connectivity index is 3.07. The van der Waals surface area contributed by atoms with E-state index < -0.39 is 0 Å². The predicted octanol–water partition coefficient (Wildman–Crippen LogP) is 1.99. The second kappa shape index (κ2) is 2.92. The zero-order valence-corrected chi connectivity index (χ0v) is 9.53. The molecule has 0 N–H and O–H groups in total. The van der Waals surface area contributed by atoms with Crippen LogP contribution in [0.1, 0.15) is 21.8 Å². The molecule has 0 unspecified atom stereocenters. The summed E-state index contributed by atoms with van der Waals surface area (Å²) >= 11 is 1.57. The molecular formula is C10H12N2OS. The largest absolute Gasteiger partial charge is 0.269 e. The van der Waals surface area contributed by atoms with Crippen molar-refractivity contribution in [2.75, 3.05) is 0 Å². The molecule has 2 aromatic rings. The van der Waals surface area contributed by atoms with Gasteiger partial charge in [0.1, 0.15) is 0 Å². The Morgan fingerprint density at radius 2 is 1.86 bits per heavy atom. The lowest BCUT2D eigenvalue weighted by Gasteiger charge is -2.00. The Kier molecular flexibility index (Phi) is 1.96. The fourth-order valence-corrected chi connectivity index (χ4v) is 2.43. The van der Waals surface area contributed by atoms with Gasteiger partial charge in [-0.3, -0.25) is 9.20 Å². The zero-order chi connectivity index (χ0) is 10.5. The molecule has 2 rings (SSSR count). The Morgan fingerprint density at radius 3 is 2.50 bits per heavy atom. The lowest BCUT2D eigenvalue weighted by Crippen LogP contribution is -2.18. The molecular weight excluding hydrogens is 196 g/mol. The molecule has 0 spiro atoms. The predicted molar refractivity (Wildman–Crippen MR) is 58.3 cm³/mol. The van der Waals surface area contributed by atoms with E-state index in [2.05, 4.69) is 4.98 Å². The third-order valence-corrected chi connectivity index (χ3v) is 3.67. The van der Waals surface area contributed by atoms with Crippen molar-refractivity contribution < 1.29 is 0 Å². The van der Waals surface area contributed by atoms with Gasteiger partial charge in [0, 0.05) is 21.8 Å². The van der Waals surface area contributed by atoms with Crippen molar-refractivity contribution in [2.24, 2.45) is 0 Å². The number of hydrogen-bond donors (Lipinski definition) is 0. The molecule has 3 nitrogen and oxygen atoms in total. The first-order valence-electron chi connectivity index (χ1n) is 4.48. The highest BCUT2D eigenvalue weighted by Crippen LogP contribution is 2.19. The monoisotopic (exact) mass is 208 g/mol. The van der Waals surface area contributed by atoms with Crippen LogP contribution in [0.4, 0.5) is 0 Å². The van der Waals surface area contributed by atoms with Crippen LogP contribution in [-0.2, 0) is 0 Å². The smallest absolute Gasteiger partial charge is 0.261 e. The fraction of sp³-hybridized carbons (Fsp3) is 0.400. The second-order valence-electron chi connectivity index (χ2n) is 3.49. The van der Waals surface area contributed by atoms with Crippen molar-refractivity contribution >= 4 is 16.3 Å². The number of fused-ring (bicyclic) bond motifs is 1. The minimum absolute atomic E-state index is 0.0642. The van der Waals surface area contributed by atoms with Crippen LogP contribution < -0.4 is 5.56 Å². The van der Waals surface area contributed by atoms with E-state index in [0.717, 1.165) is 26.8 Å². The fourth-order valence-electron chi connectivity index (χ4n) is 1.42. The highest BCUT2D eigenvalue weighted by molar-refractivity contribution is 7.17. The van der Waals surface area contributed by atoms with Gasteiger partial charge in [-0.1, -0.05) is 0 Å². The summed E-state index contributed by atoms with van der Waals surface area (Å²) in [5.41, 5.74) is 2.64. The summed E-state index contributed by atoms with van der Waals surface area (Å²) in [6.45, 7) is 7.67. The maximum Gasteiger partial charge on any atom is 0.261 e. The van der Waals surface area contributed by atoms with Crippen LogP contribution in [0.2, 0.25) is 0 Å². The molecule has 0 atom stereocenters. The van der Waals surface area contributed by atoms with Crippen molar-refractivity contribution in [1.82, 2.24) is 9.38 Å². The summed E-state index contributed by atoms with van der Waals surface area (Å²) in [6.07, 6.45) is 0. The highest BCUT2D eigenvalue weighted by atomic mass is 32.1. The maximum atomic E-state index is 11.9. The molecule has 74 valence electrons. The van der Waals surface area contributed by atoms with Crippen molar-refractivity contribution in [2.45, 2.75) is 27.7 Å². The summed E-state index contributed by atoms with van der Waals surface area (Å²) in [7, 11) is 0. The molecule has 0 fully saturated rings. The van der Waals surface area contributed by atoms with Crippen LogP contribution in [0.5, 0.6) is 0 Å². The van der Waals surface area contributed by atoms with Crippen molar-refractivity contribution in [1.29, 1.82) is 0 Å². The van der Waals surface area contributed by atoms with Gasteiger partial charge in [0.25, 0.3) is 5.56 Å². The molecule has 0 aliphatic rings. The quantitative estimate of drug-likeness (QED) is 0.663. The zero-order valence-electron chi connectivity index (χ0n) is 8.71. The maximum absolute atomic E-state index is 11.9. The normalized spacial score (nSPS) is 11.1. The number of thiazole rings is 1. The van der Waals surface area contributed by atoms with Gasteiger partial charge in [0.15, 0.2) is 4.96 Å². The van der Waals surface area contributed by atoms with Crippen LogP contribution in [0.15, 0.2) is 4.79 Å². The van der Waals surface area contributed by atoms with Gasteiger partial charge >= 0.3 is 0 Å². The first kappa shape index (κ1) is 9.40. The van der Waals surface area contributed by atoms with E-state index in [4.69, 9.17) is 0 Å². The molecule has 2 heterocycles. The summed E-state index contributed by atoms with van der Waals surface area (Å²) < 4.78 is 1.70. The van der Waals surface area contributed by atoms with Gasteiger partial charge < -0.3 is 0 Å². The first-order valence-corrected chi connectivity index (χ1v) is 5.30. The summed E-state index contributed by atoms with van der Waals surface area (Å²) in [5.74, 6) is 0. The van der Waals surface area contributed by atoms with Crippen molar-refractivity contribution in [3.8, 4) is 0 Å². The third-order valence-electron chi connectivity index (χ3n) is 2.61. The molecule has 4 heteroatoms. The van der Waals surface area contributed by atoms with E-state index >= 15 is 0 Å². The van der Waals surface area contributed by atoms with Crippen LogP contribution in [0, 0.1) is 27.7 Å². The van der Waals surface area contributed by atoms with Crippen LogP contribution in [0.3, 0.4) is 0 Å². The Morgan fingerprint density at radius 1 is 1.21 bits per heavy atom. The molecule has 0 aliphatic carbocycles. The van der Waals surface area contributed by atoms with Crippen LogP contribution >= 0.6 is 11.3 Å². The minimum Gasteiger partial charge on any atom is -0.269 e. The topological polar surface area (TPSA) is 34.4 Å². The van der Waals surface area contributed by atoms with E-state index in [1.807, 2.05) is 27.7 Å². The van der Waals surface area contributed by atoms with Gasteiger partial charge in [-0.15, -0.1) is 11.3 Å². The highest BCUT2D eigenvalue weighted by Gasteiger charge is 2.10.